The standard InChI is InChI=1S/2C12H12N2.OS/c2*13-11-6-4-9(5-7-11)10-2-1-3-12(14)8-10;1-2/h2*1-8H,13-14H2;. The van der Waals surface area contributed by atoms with Gasteiger partial charge in [0, 0.05) is 22.7 Å². The van der Waals surface area contributed by atoms with Crippen LogP contribution in [0.2, 0.25) is 0 Å². The molecule has 0 aromatic heterocycles. The zero-order chi connectivity index (χ0) is 21.9. The van der Waals surface area contributed by atoms with E-state index < -0.39 is 0 Å². The van der Waals surface area contributed by atoms with Crippen LogP contribution in [0.25, 0.3) is 22.3 Å². The van der Waals surface area contributed by atoms with Crippen LogP contribution >= 0.6 is 0 Å². The van der Waals surface area contributed by atoms with Gasteiger partial charge in [-0.25, -0.2) is 0 Å². The van der Waals surface area contributed by atoms with Gasteiger partial charge in [-0.15, -0.1) is 0 Å². The van der Waals surface area contributed by atoms with Gasteiger partial charge >= 0.3 is 0 Å². The van der Waals surface area contributed by atoms with Gasteiger partial charge in [0.1, 0.15) is 0 Å². The Balaban J connectivity index is 0.000000197. The van der Waals surface area contributed by atoms with E-state index in [2.05, 4.69) is 12.5 Å². The SMILES string of the molecule is Nc1ccc(-c2cccc(N)c2)cc1.Nc1ccc(-c2cccc(N)c2)cc1.O=S. The fraction of sp³-hybridized carbons (Fsp3) is 0. The predicted molar refractivity (Wildman–Crippen MR) is 130 cm³/mol. The molecule has 6 heteroatoms. The summed E-state index contributed by atoms with van der Waals surface area (Å²) < 4.78 is 7.83. The van der Waals surface area contributed by atoms with Gasteiger partial charge in [0.25, 0.3) is 0 Å². The van der Waals surface area contributed by atoms with Crippen LogP contribution in [0.5, 0.6) is 0 Å². The van der Waals surface area contributed by atoms with Crippen molar-refractivity contribution in [1.82, 2.24) is 0 Å². The third-order valence-corrected chi connectivity index (χ3v) is 4.26. The van der Waals surface area contributed by atoms with E-state index in [1.165, 1.54) is 0 Å². The molecule has 0 amide bonds. The van der Waals surface area contributed by atoms with Crippen LogP contribution < -0.4 is 22.9 Å². The lowest BCUT2D eigenvalue weighted by molar-refractivity contribution is 0.702. The van der Waals surface area contributed by atoms with Crippen LogP contribution in [-0.2, 0) is 12.5 Å². The summed E-state index contributed by atoms with van der Waals surface area (Å²) in [6, 6.07) is 31.1. The zero-order valence-corrected chi connectivity index (χ0v) is 17.2. The van der Waals surface area contributed by atoms with Gasteiger partial charge in [-0.3, -0.25) is 0 Å². The van der Waals surface area contributed by atoms with Crippen molar-refractivity contribution in [2.24, 2.45) is 0 Å². The Morgan fingerprint density at radius 2 is 0.733 bits per heavy atom. The second-order valence-electron chi connectivity index (χ2n) is 6.49. The van der Waals surface area contributed by atoms with Crippen molar-refractivity contribution in [3.05, 3.63) is 97.1 Å². The molecule has 4 aromatic rings. The number of benzene rings is 4. The Hall–Kier alpha value is -3.90. The number of nitrogen functional groups attached to an aromatic ring is 4. The maximum Gasteiger partial charge on any atom is 0.197 e. The number of hydrogen-bond acceptors (Lipinski definition) is 6. The van der Waals surface area contributed by atoms with Crippen LogP contribution in [0.3, 0.4) is 0 Å². The smallest absolute Gasteiger partial charge is 0.197 e. The summed E-state index contributed by atoms with van der Waals surface area (Å²) >= 11 is 2.83. The van der Waals surface area contributed by atoms with Crippen LogP contribution in [0, 0.1) is 0 Å². The average Bonchev–Trinajstić information content (AvgIpc) is 2.77. The maximum atomic E-state index is 7.83. The minimum absolute atomic E-state index is 0.776. The second kappa shape index (κ2) is 11.2. The summed E-state index contributed by atoms with van der Waals surface area (Å²) in [7, 11) is 0. The highest BCUT2D eigenvalue weighted by Gasteiger charge is 1.97. The molecule has 0 aliphatic rings. The van der Waals surface area contributed by atoms with Gasteiger partial charge in [0.05, 0.1) is 0 Å². The highest BCUT2D eigenvalue weighted by Crippen LogP contribution is 2.23. The topological polar surface area (TPSA) is 121 Å². The molecular formula is C24H24N4OS. The van der Waals surface area contributed by atoms with Gasteiger partial charge in [0.15, 0.2) is 12.5 Å². The van der Waals surface area contributed by atoms with Gasteiger partial charge in [-0.2, -0.15) is 4.21 Å². The third-order valence-electron chi connectivity index (χ3n) is 4.26. The van der Waals surface area contributed by atoms with E-state index in [-0.39, 0.29) is 0 Å². The minimum Gasteiger partial charge on any atom is -0.399 e. The molecule has 0 aliphatic carbocycles. The van der Waals surface area contributed by atoms with Crippen molar-refractivity contribution < 1.29 is 4.21 Å². The van der Waals surface area contributed by atoms with E-state index in [1.54, 1.807) is 0 Å². The van der Waals surface area contributed by atoms with Crippen LogP contribution in [0.4, 0.5) is 22.7 Å². The molecule has 0 saturated heterocycles. The quantitative estimate of drug-likeness (QED) is 0.351. The molecule has 30 heavy (non-hydrogen) atoms. The molecule has 8 N–H and O–H groups in total. The first-order valence-electron chi connectivity index (χ1n) is 9.11. The summed E-state index contributed by atoms with van der Waals surface area (Å²) in [4.78, 5) is 0. The molecule has 0 spiro atoms. The molecule has 4 rings (SSSR count). The molecule has 0 aliphatic heterocycles. The second-order valence-corrected chi connectivity index (χ2v) is 6.49. The summed E-state index contributed by atoms with van der Waals surface area (Å²) in [5.74, 6) is 0. The largest absolute Gasteiger partial charge is 0.399 e. The lowest BCUT2D eigenvalue weighted by atomic mass is 10.1. The Kier molecular flexibility index (Phi) is 8.35. The van der Waals surface area contributed by atoms with E-state index >= 15 is 0 Å². The van der Waals surface area contributed by atoms with E-state index in [0.717, 1.165) is 45.0 Å². The van der Waals surface area contributed by atoms with Crippen LogP contribution in [0.15, 0.2) is 97.1 Å². The van der Waals surface area contributed by atoms with Gasteiger partial charge in [0.2, 0.25) is 0 Å². The lowest BCUT2D eigenvalue weighted by Crippen LogP contribution is -1.86. The van der Waals surface area contributed by atoms with Crippen LogP contribution in [0.1, 0.15) is 0 Å². The fourth-order valence-electron chi connectivity index (χ4n) is 2.79. The third kappa shape index (κ3) is 6.61. The first-order valence-corrected chi connectivity index (χ1v) is 9.44. The van der Waals surface area contributed by atoms with Gasteiger partial charge in [-0.05, 0) is 70.8 Å². The first-order chi connectivity index (χ1) is 14.5. The van der Waals surface area contributed by atoms with Gasteiger partial charge < -0.3 is 22.9 Å². The van der Waals surface area contributed by atoms with E-state index in [4.69, 9.17) is 27.1 Å². The number of rotatable bonds is 2. The van der Waals surface area contributed by atoms with E-state index in [0.29, 0.717) is 0 Å². The molecular weight excluding hydrogens is 392 g/mol. The van der Waals surface area contributed by atoms with Crippen molar-refractivity contribution in [3.63, 3.8) is 0 Å². The van der Waals surface area contributed by atoms with Crippen LogP contribution in [-0.4, -0.2) is 4.21 Å². The zero-order valence-electron chi connectivity index (χ0n) is 16.4. The molecule has 0 fully saturated rings. The Morgan fingerprint density at radius 1 is 0.400 bits per heavy atom. The Morgan fingerprint density at radius 3 is 1.03 bits per heavy atom. The number of hydrogen-bond donors (Lipinski definition) is 4. The van der Waals surface area contributed by atoms with Crippen molar-refractivity contribution in [3.8, 4) is 22.3 Å². The maximum absolute atomic E-state index is 7.83. The molecule has 0 heterocycles. The normalized spacial score (nSPS) is 9.47. The number of nitrogens with two attached hydrogens (primary N) is 4. The van der Waals surface area contributed by atoms with E-state index in [1.807, 2.05) is 97.1 Å². The summed E-state index contributed by atoms with van der Waals surface area (Å²) in [6.45, 7) is 0. The van der Waals surface area contributed by atoms with Crippen molar-refractivity contribution >= 4 is 35.3 Å². The molecule has 0 saturated carbocycles. The predicted octanol–water partition coefficient (Wildman–Crippen LogP) is 4.70. The highest BCUT2D eigenvalue weighted by molar-refractivity contribution is 7.44. The van der Waals surface area contributed by atoms with Gasteiger partial charge in [-0.1, -0.05) is 48.5 Å². The number of anilines is 4. The lowest BCUT2D eigenvalue weighted by Gasteiger charge is -2.02. The fourth-order valence-corrected chi connectivity index (χ4v) is 2.79. The van der Waals surface area contributed by atoms with Crippen molar-refractivity contribution in [2.45, 2.75) is 0 Å². The average molecular weight is 417 g/mol. The van der Waals surface area contributed by atoms with Crippen molar-refractivity contribution in [2.75, 3.05) is 22.9 Å². The Bertz CT molecular complexity index is 980. The summed E-state index contributed by atoms with van der Waals surface area (Å²) in [5, 5.41) is 0. The Labute approximate surface area is 181 Å². The molecule has 0 bridgehead atoms. The van der Waals surface area contributed by atoms with Crippen molar-refractivity contribution in [1.29, 1.82) is 0 Å². The summed E-state index contributed by atoms with van der Waals surface area (Å²) in [6.07, 6.45) is 0. The van der Waals surface area contributed by atoms with E-state index in [9.17, 15) is 0 Å². The molecule has 152 valence electrons. The molecule has 5 nitrogen and oxygen atoms in total. The first kappa shape index (κ1) is 22.4. The molecule has 0 atom stereocenters. The minimum atomic E-state index is 0.776. The summed E-state index contributed by atoms with van der Waals surface area (Å²) in [5.41, 5.74) is 30.2. The highest BCUT2D eigenvalue weighted by atomic mass is 32.1. The molecule has 0 unspecified atom stereocenters. The molecule has 4 aromatic carbocycles. The molecule has 0 radical (unpaired) electrons. The monoisotopic (exact) mass is 416 g/mol.